The number of aliphatic hydroxyl groups excluding tert-OH is 1. The van der Waals surface area contributed by atoms with E-state index in [9.17, 15) is 18.3 Å². The van der Waals surface area contributed by atoms with Gasteiger partial charge in [0.25, 0.3) is 0 Å². The van der Waals surface area contributed by atoms with E-state index in [1.54, 1.807) is 30.0 Å². The topological polar surface area (TPSA) is 86.7 Å². The van der Waals surface area contributed by atoms with Crippen LogP contribution >= 0.6 is 23.2 Å². The van der Waals surface area contributed by atoms with Crippen molar-refractivity contribution in [2.75, 3.05) is 29.9 Å². The van der Waals surface area contributed by atoms with Gasteiger partial charge in [-0.3, -0.25) is 9.69 Å². The number of carbonyl (C=O) groups is 1. The van der Waals surface area contributed by atoms with Crippen molar-refractivity contribution in [2.45, 2.75) is 19.1 Å². The number of carbonyl (C=O) groups excluding carboxylic acids is 1. The van der Waals surface area contributed by atoms with Gasteiger partial charge < -0.3 is 10.4 Å². The molecule has 1 aromatic carbocycles. The van der Waals surface area contributed by atoms with E-state index in [1.165, 1.54) is 0 Å². The number of rotatable bonds is 5. The summed E-state index contributed by atoms with van der Waals surface area (Å²) < 4.78 is 23.2. The predicted molar refractivity (Wildman–Crippen MR) is 90.8 cm³/mol. The largest absolute Gasteiger partial charge is 0.390 e. The lowest BCUT2D eigenvalue weighted by Gasteiger charge is -2.28. The minimum Gasteiger partial charge on any atom is -0.390 e. The molecule has 1 amide bonds. The second-order valence-corrected chi connectivity index (χ2v) is 8.51. The van der Waals surface area contributed by atoms with E-state index in [4.69, 9.17) is 23.2 Å². The highest BCUT2D eigenvalue weighted by molar-refractivity contribution is 7.91. The zero-order chi connectivity index (χ0) is 17.2. The van der Waals surface area contributed by atoms with Crippen molar-refractivity contribution >= 4 is 44.6 Å². The predicted octanol–water partition coefficient (Wildman–Crippen LogP) is 1.41. The molecule has 1 aliphatic rings. The molecule has 128 valence electrons. The smallest absolute Gasteiger partial charge is 0.238 e. The highest BCUT2D eigenvalue weighted by Gasteiger charge is 2.39. The molecule has 2 unspecified atom stereocenters. The average molecular weight is 381 g/mol. The first kappa shape index (κ1) is 18.5. The molecule has 23 heavy (non-hydrogen) atoms. The van der Waals surface area contributed by atoms with Gasteiger partial charge in [0.2, 0.25) is 5.91 Å². The van der Waals surface area contributed by atoms with Gasteiger partial charge in [0.15, 0.2) is 9.84 Å². The van der Waals surface area contributed by atoms with Crippen LogP contribution in [-0.4, -0.2) is 61.1 Å². The maximum Gasteiger partial charge on any atom is 0.238 e. The Balaban J connectivity index is 2.02. The number of likely N-dealkylation sites (N-methyl/N-ethyl adjacent to an activating group) is 1. The van der Waals surface area contributed by atoms with Crippen LogP contribution in [0, 0.1) is 0 Å². The number of hydrogen-bond donors (Lipinski definition) is 2. The summed E-state index contributed by atoms with van der Waals surface area (Å²) in [6.07, 6.45) is -0.978. The molecular weight excluding hydrogens is 363 g/mol. The van der Waals surface area contributed by atoms with Crippen LogP contribution in [0.5, 0.6) is 0 Å². The Morgan fingerprint density at radius 2 is 1.91 bits per heavy atom. The quantitative estimate of drug-likeness (QED) is 0.806. The molecular formula is C14H18Cl2N2O4S. The second-order valence-electron chi connectivity index (χ2n) is 5.48. The fourth-order valence-corrected chi connectivity index (χ4v) is 4.99. The van der Waals surface area contributed by atoms with Crippen LogP contribution in [0.3, 0.4) is 0 Å². The molecule has 2 atom stereocenters. The van der Waals surface area contributed by atoms with Gasteiger partial charge >= 0.3 is 0 Å². The third-order valence-electron chi connectivity index (χ3n) is 3.66. The number of anilines is 1. The van der Waals surface area contributed by atoms with E-state index in [0.29, 0.717) is 22.3 Å². The molecule has 0 bridgehead atoms. The lowest BCUT2D eigenvalue weighted by Crippen LogP contribution is -2.46. The lowest BCUT2D eigenvalue weighted by molar-refractivity contribution is -0.118. The van der Waals surface area contributed by atoms with Crippen molar-refractivity contribution in [3.05, 3.63) is 28.2 Å². The van der Waals surface area contributed by atoms with Crippen LogP contribution in [0.15, 0.2) is 18.2 Å². The SMILES string of the molecule is CCN(CC(=O)Nc1cc(Cl)cc(Cl)c1)C1CS(=O)(=O)CC1O. The third kappa shape index (κ3) is 5.06. The molecule has 0 aromatic heterocycles. The van der Waals surface area contributed by atoms with Crippen molar-refractivity contribution in [1.29, 1.82) is 0 Å². The number of hydrogen-bond acceptors (Lipinski definition) is 5. The molecule has 1 aliphatic heterocycles. The maximum absolute atomic E-state index is 12.2. The highest BCUT2D eigenvalue weighted by atomic mass is 35.5. The van der Waals surface area contributed by atoms with Crippen LogP contribution in [0.1, 0.15) is 6.92 Å². The van der Waals surface area contributed by atoms with Gasteiger partial charge in [-0.25, -0.2) is 8.42 Å². The summed E-state index contributed by atoms with van der Waals surface area (Å²) in [5, 5.41) is 13.4. The van der Waals surface area contributed by atoms with E-state index in [2.05, 4.69) is 5.32 Å². The number of amides is 1. The Labute approximate surface area is 145 Å². The Bertz CT molecular complexity index is 676. The molecule has 1 heterocycles. The molecule has 0 spiro atoms. The molecule has 2 rings (SSSR count). The lowest BCUT2D eigenvalue weighted by atomic mass is 10.2. The van der Waals surface area contributed by atoms with Crippen LogP contribution in [0.2, 0.25) is 10.0 Å². The third-order valence-corrected chi connectivity index (χ3v) is 5.80. The zero-order valence-corrected chi connectivity index (χ0v) is 14.8. The summed E-state index contributed by atoms with van der Waals surface area (Å²) in [5.74, 6) is -0.737. The number of nitrogens with zero attached hydrogens (tertiary/aromatic N) is 1. The van der Waals surface area contributed by atoms with Gasteiger partial charge in [-0.05, 0) is 24.7 Å². The fraction of sp³-hybridized carbons (Fsp3) is 0.500. The number of sulfone groups is 1. The minimum atomic E-state index is -3.26. The van der Waals surface area contributed by atoms with Crippen molar-refractivity contribution in [3.8, 4) is 0 Å². The van der Waals surface area contributed by atoms with Crippen molar-refractivity contribution in [3.63, 3.8) is 0 Å². The number of halogens is 2. The van der Waals surface area contributed by atoms with Crippen LogP contribution < -0.4 is 5.32 Å². The van der Waals surface area contributed by atoms with Crippen LogP contribution in [0.4, 0.5) is 5.69 Å². The number of nitrogens with one attached hydrogen (secondary N) is 1. The van der Waals surface area contributed by atoms with Crippen molar-refractivity contribution in [1.82, 2.24) is 4.90 Å². The summed E-state index contributed by atoms with van der Waals surface area (Å²) in [4.78, 5) is 13.8. The highest BCUT2D eigenvalue weighted by Crippen LogP contribution is 2.23. The van der Waals surface area contributed by atoms with Gasteiger partial charge in [-0.2, -0.15) is 0 Å². The monoisotopic (exact) mass is 380 g/mol. The van der Waals surface area contributed by atoms with E-state index < -0.39 is 22.0 Å². The summed E-state index contributed by atoms with van der Waals surface area (Å²) >= 11 is 11.7. The van der Waals surface area contributed by atoms with Gasteiger partial charge in [0.05, 0.1) is 30.2 Å². The molecule has 1 fully saturated rings. The van der Waals surface area contributed by atoms with Crippen molar-refractivity contribution in [2.24, 2.45) is 0 Å². The molecule has 0 aliphatic carbocycles. The van der Waals surface area contributed by atoms with E-state index >= 15 is 0 Å². The first-order valence-corrected chi connectivity index (χ1v) is 9.66. The summed E-state index contributed by atoms with van der Waals surface area (Å²) in [7, 11) is -3.26. The second kappa shape index (κ2) is 7.36. The fourth-order valence-electron chi connectivity index (χ4n) is 2.63. The first-order valence-electron chi connectivity index (χ1n) is 7.08. The molecule has 6 nitrogen and oxygen atoms in total. The Kier molecular flexibility index (Phi) is 5.91. The van der Waals surface area contributed by atoms with Gasteiger partial charge in [0, 0.05) is 15.7 Å². The molecule has 1 aromatic rings. The van der Waals surface area contributed by atoms with Crippen LogP contribution in [-0.2, 0) is 14.6 Å². The average Bonchev–Trinajstić information content (AvgIpc) is 2.68. The molecule has 1 saturated heterocycles. The number of aliphatic hydroxyl groups is 1. The normalized spacial score (nSPS) is 23.2. The Morgan fingerprint density at radius 3 is 2.39 bits per heavy atom. The molecule has 2 N–H and O–H groups in total. The van der Waals surface area contributed by atoms with Gasteiger partial charge in [-0.1, -0.05) is 30.1 Å². The first-order chi connectivity index (χ1) is 10.7. The van der Waals surface area contributed by atoms with E-state index in [0.717, 1.165) is 0 Å². The van der Waals surface area contributed by atoms with Crippen molar-refractivity contribution < 1.29 is 18.3 Å². The van der Waals surface area contributed by atoms with E-state index in [1.807, 2.05) is 0 Å². The van der Waals surface area contributed by atoms with E-state index in [-0.39, 0.29) is 24.0 Å². The maximum atomic E-state index is 12.2. The Morgan fingerprint density at radius 1 is 1.30 bits per heavy atom. The van der Waals surface area contributed by atoms with Crippen LogP contribution in [0.25, 0.3) is 0 Å². The number of benzene rings is 1. The van der Waals surface area contributed by atoms with Gasteiger partial charge in [-0.15, -0.1) is 0 Å². The standard InChI is InChI=1S/C14H18Cl2N2O4S/c1-2-18(12-7-23(21,22)8-13(12)19)6-14(20)17-11-4-9(15)3-10(16)5-11/h3-5,12-13,19H,2,6-8H2,1H3,(H,17,20). The van der Waals surface area contributed by atoms with Gasteiger partial charge in [0.1, 0.15) is 0 Å². The summed E-state index contributed by atoms with van der Waals surface area (Å²) in [6, 6.07) is 4.11. The Hall–Kier alpha value is -0.860. The summed E-state index contributed by atoms with van der Waals surface area (Å²) in [5.41, 5.74) is 0.461. The molecule has 9 heteroatoms. The zero-order valence-electron chi connectivity index (χ0n) is 12.5. The molecule has 0 saturated carbocycles. The summed E-state index contributed by atoms with van der Waals surface area (Å²) in [6.45, 7) is 2.22. The minimum absolute atomic E-state index is 0.0299. The molecule has 0 radical (unpaired) electrons.